The second kappa shape index (κ2) is 14.3. The molecular weight excluding hydrogens is 446 g/mol. The van der Waals surface area contributed by atoms with Crippen LogP contribution in [0, 0.1) is 0 Å². The van der Waals surface area contributed by atoms with Gasteiger partial charge in [0.05, 0.1) is 39.6 Å². The van der Waals surface area contributed by atoms with Crippen LogP contribution in [-0.4, -0.2) is 64.5 Å². The highest BCUT2D eigenvalue weighted by atomic mass is 16.6. The minimum atomic E-state index is -0.339. The number of anilines is 1. The molecule has 7 heteroatoms. The molecule has 0 radical (unpaired) electrons. The van der Waals surface area contributed by atoms with Crippen molar-refractivity contribution in [1.82, 2.24) is 0 Å². The molecule has 3 rings (SSSR count). The van der Waals surface area contributed by atoms with Crippen LogP contribution in [0.5, 0.6) is 5.75 Å². The van der Waals surface area contributed by atoms with Crippen LogP contribution < -0.4 is 9.64 Å². The van der Waals surface area contributed by atoms with Gasteiger partial charge in [0.25, 0.3) is 0 Å². The lowest BCUT2D eigenvalue weighted by Crippen LogP contribution is -2.27. The molecule has 0 aliphatic heterocycles. The van der Waals surface area contributed by atoms with Gasteiger partial charge in [0.2, 0.25) is 0 Å². The van der Waals surface area contributed by atoms with Crippen molar-refractivity contribution in [2.24, 2.45) is 0 Å². The number of aliphatic hydroxyl groups is 1. The van der Waals surface area contributed by atoms with Gasteiger partial charge in [-0.1, -0.05) is 43.7 Å². The fraction of sp³-hybridized carbons (Fsp3) is 0.393. The molecule has 0 aromatic heterocycles. The largest absolute Gasteiger partial charge is 0.491 e. The van der Waals surface area contributed by atoms with E-state index < -0.39 is 0 Å². The molecule has 0 saturated heterocycles. The fourth-order valence-corrected chi connectivity index (χ4v) is 3.48. The van der Waals surface area contributed by atoms with E-state index in [2.05, 4.69) is 25.1 Å². The maximum atomic E-state index is 12.2. The van der Waals surface area contributed by atoms with E-state index in [-0.39, 0.29) is 12.7 Å². The van der Waals surface area contributed by atoms with E-state index in [9.17, 15) is 4.79 Å². The predicted octanol–water partition coefficient (Wildman–Crippen LogP) is 5.28. The Morgan fingerprint density at radius 3 is 2.20 bits per heavy atom. The van der Waals surface area contributed by atoms with E-state index in [0.717, 1.165) is 46.2 Å². The van der Waals surface area contributed by atoms with Gasteiger partial charge >= 0.3 is 6.09 Å². The van der Waals surface area contributed by atoms with E-state index in [4.69, 9.17) is 24.1 Å². The van der Waals surface area contributed by atoms with Gasteiger partial charge in [0.15, 0.2) is 0 Å². The van der Waals surface area contributed by atoms with Crippen LogP contribution in [0.2, 0.25) is 0 Å². The molecule has 0 bridgehead atoms. The Balaban J connectivity index is 1.54. The molecule has 7 nitrogen and oxygen atoms in total. The zero-order valence-electron chi connectivity index (χ0n) is 20.6. The van der Waals surface area contributed by atoms with Gasteiger partial charge in [0.1, 0.15) is 12.4 Å². The maximum Gasteiger partial charge on any atom is 0.414 e. The molecule has 3 aromatic rings. The van der Waals surface area contributed by atoms with Crippen LogP contribution in [0.15, 0.2) is 60.7 Å². The minimum absolute atomic E-state index is 0.0215. The number of aliphatic hydroxyl groups excluding tert-OH is 1. The van der Waals surface area contributed by atoms with E-state index in [1.54, 1.807) is 7.05 Å². The molecule has 0 fully saturated rings. The van der Waals surface area contributed by atoms with Gasteiger partial charge < -0.3 is 24.1 Å². The zero-order chi connectivity index (χ0) is 24.9. The first-order valence-electron chi connectivity index (χ1n) is 12.1. The Labute approximate surface area is 207 Å². The van der Waals surface area contributed by atoms with Crippen molar-refractivity contribution in [2.75, 3.05) is 58.2 Å². The summed E-state index contributed by atoms with van der Waals surface area (Å²) in [5.41, 5.74) is 2.96. The first kappa shape index (κ1) is 26.5. The summed E-state index contributed by atoms with van der Waals surface area (Å²) in [5, 5.41) is 10.9. The van der Waals surface area contributed by atoms with E-state index in [1.807, 2.05) is 42.5 Å². The number of carbonyl (C=O) groups is 1. The number of hydrogen-bond donors (Lipinski definition) is 1. The summed E-state index contributed by atoms with van der Waals surface area (Å²) < 4.78 is 21.7. The number of fused-ring (bicyclic) bond motifs is 1. The molecule has 0 spiro atoms. The van der Waals surface area contributed by atoms with Crippen molar-refractivity contribution >= 4 is 22.6 Å². The Bertz CT molecular complexity index is 1050. The lowest BCUT2D eigenvalue weighted by atomic mass is 10.0. The molecule has 0 aliphatic carbocycles. The van der Waals surface area contributed by atoms with Crippen molar-refractivity contribution in [2.45, 2.75) is 19.8 Å². The third-order valence-electron chi connectivity index (χ3n) is 5.50. The van der Waals surface area contributed by atoms with Gasteiger partial charge in [-0.05, 0) is 58.7 Å². The fourth-order valence-electron chi connectivity index (χ4n) is 3.48. The number of unbranched alkanes of at least 4 members (excludes halogenated alkanes) is 1. The summed E-state index contributed by atoms with van der Waals surface area (Å²) in [5.74, 6) is 0.795. The average Bonchev–Trinajstić information content (AvgIpc) is 2.89. The average molecular weight is 482 g/mol. The van der Waals surface area contributed by atoms with Crippen LogP contribution in [0.3, 0.4) is 0 Å². The SMILES string of the molecule is CCCCOC(=O)N(C)c1ccc(-c2ccc3cc(OCCOCCOCCO)ccc3c2)cc1. The summed E-state index contributed by atoms with van der Waals surface area (Å²) in [6, 6.07) is 20.2. The Kier molecular flexibility index (Phi) is 10.8. The highest BCUT2D eigenvalue weighted by molar-refractivity contribution is 5.90. The monoisotopic (exact) mass is 481 g/mol. The summed E-state index contributed by atoms with van der Waals surface area (Å²) >= 11 is 0. The summed E-state index contributed by atoms with van der Waals surface area (Å²) in [6.45, 7) is 4.72. The molecule has 35 heavy (non-hydrogen) atoms. The van der Waals surface area contributed by atoms with Gasteiger partial charge in [-0.25, -0.2) is 4.79 Å². The van der Waals surface area contributed by atoms with Crippen LogP contribution in [0.4, 0.5) is 10.5 Å². The molecule has 1 amide bonds. The van der Waals surface area contributed by atoms with E-state index in [0.29, 0.717) is 39.6 Å². The summed E-state index contributed by atoms with van der Waals surface area (Å²) in [6.07, 6.45) is 1.52. The lowest BCUT2D eigenvalue weighted by molar-refractivity contribution is 0.0247. The molecule has 0 unspecified atom stereocenters. The van der Waals surface area contributed by atoms with Gasteiger partial charge in [-0.2, -0.15) is 0 Å². The minimum Gasteiger partial charge on any atom is -0.491 e. The number of benzene rings is 3. The van der Waals surface area contributed by atoms with Crippen molar-refractivity contribution in [1.29, 1.82) is 0 Å². The number of carbonyl (C=O) groups excluding carboxylic acids is 1. The highest BCUT2D eigenvalue weighted by Gasteiger charge is 2.12. The Morgan fingerprint density at radius 2 is 1.46 bits per heavy atom. The second-order valence-corrected chi connectivity index (χ2v) is 8.09. The molecule has 188 valence electrons. The predicted molar refractivity (Wildman–Crippen MR) is 138 cm³/mol. The zero-order valence-corrected chi connectivity index (χ0v) is 20.6. The number of hydrogen-bond acceptors (Lipinski definition) is 6. The van der Waals surface area contributed by atoms with Crippen LogP contribution >= 0.6 is 0 Å². The number of ether oxygens (including phenoxy) is 4. The van der Waals surface area contributed by atoms with Crippen LogP contribution in [0.25, 0.3) is 21.9 Å². The van der Waals surface area contributed by atoms with Crippen molar-refractivity contribution < 1.29 is 28.8 Å². The summed E-state index contributed by atoms with van der Waals surface area (Å²) in [4.78, 5) is 13.7. The third-order valence-corrected chi connectivity index (χ3v) is 5.50. The number of amides is 1. The van der Waals surface area contributed by atoms with Gasteiger partial charge in [-0.15, -0.1) is 0 Å². The Morgan fingerprint density at radius 1 is 0.800 bits per heavy atom. The van der Waals surface area contributed by atoms with Crippen molar-refractivity contribution in [3.05, 3.63) is 60.7 Å². The topological polar surface area (TPSA) is 77.5 Å². The molecule has 1 N–H and O–H groups in total. The highest BCUT2D eigenvalue weighted by Crippen LogP contribution is 2.28. The van der Waals surface area contributed by atoms with Crippen LogP contribution in [-0.2, 0) is 14.2 Å². The quantitative estimate of drug-likeness (QED) is 0.316. The van der Waals surface area contributed by atoms with E-state index in [1.165, 1.54) is 4.90 Å². The third kappa shape index (κ3) is 8.24. The number of rotatable bonds is 14. The molecule has 0 heterocycles. The molecule has 3 aromatic carbocycles. The molecule has 0 atom stereocenters. The lowest BCUT2D eigenvalue weighted by Gasteiger charge is -2.17. The molecule has 0 saturated carbocycles. The Hall–Kier alpha value is -3.13. The molecule has 0 aliphatic rings. The normalized spacial score (nSPS) is 10.9. The maximum absolute atomic E-state index is 12.2. The van der Waals surface area contributed by atoms with Crippen molar-refractivity contribution in [3.63, 3.8) is 0 Å². The van der Waals surface area contributed by atoms with E-state index >= 15 is 0 Å². The first-order valence-corrected chi connectivity index (χ1v) is 12.1. The van der Waals surface area contributed by atoms with Gasteiger partial charge in [-0.3, -0.25) is 4.90 Å². The number of nitrogens with zero attached hydrogens (tertiary/aromatic N) is 1. The second-order valence-electron chi connectivity index (χ2n) is 8.09. The van der Waals surface area contributed by atoms with Crippen molar-refractivity contribution in [3.8, 4) is 16.9 Å². The molecular formula is C28H35NO6. The standard InChI is InChI=1S/C28H35NO6/c1-3-4-14-35-28(31)29(2)26-10-7-22(8-11-26)23-5-6-25-21-27(12-9-24(25)20-23)34-19-18-33-17-16-32-15-13-30/h5-12,20-21,30H,3-4,13-19H2,1-2H3. The van der Waals surface area contributed by atoms with Gasteiger partial charge in [0, 0.05) is 12.7 Å². The van der Waals surface area contributed by atoms with Crippen LogP contribution in [0.1, 0.15) is 19.8 Å². The first-order chi connectivity index (χ1) is 17.1. The summed E-state index contributed by atoms with van der Waals surface area (Å²) in [7, 11) is 1.72. The smallest absolute Gasteiger partial charge is 0.414 e.